The monoisotopic (exact) mass is 394 g/mol. The molecule has 0 spiro atoms. The van der Waals surface area contributed by atoms with Gasteiger partial charge in [0.2, 0.25) is 0 Å². The van der Waals surface area contributed by atoms with Gasteiger partial charge in [0.15, 0.2) is 18.1 Å². The molecular formula is C16H12BrClN2O3. The summed E-state index contributed by atoms with van der Waals surface area (Å²) >= 11 is 9.33. The summed E-state index contributed by atoms with van der Waals surface area (Å²) in [4.78, 5) is 11.9. The Labute approximate surface area is 146 Å². The number of amides is 1. The first-order valence-corrected chi connectivity index (χ1v) is 7.66. The number of ether oxygens (including phenoxy) is 2. The molecule has 2 rings (SSSR count). The Balaban J connectivity index is 2.00. The molecule has 5 nitrogen and oxygen atoms in total. The normalized spacial score (nSPS) is 9.83. The number of halogens is 2. The Kier molecular flexibility index (Phi) is 5.85. The molecule has 0 atom stereocenters. The summed E-state index contributed by atoms with van der Waals surface area (Å²) in [5.74, 6) is 0.405. The lowest BCUT2D eigenvalue weighted by molar-refractivity contribution is -0.118. The van der Waals surface area contributed by atoms with Crippen molar-refractivity contribution >= 4 is 39.1 Å². The van der Waals surface area contributed by atoms with Gasteiger partial charge >= 0.3 is 0 Å². The van der Waals surface area contributed by atoms with E-state index in [0.29, 0.717) is 27.8 Å². The summed E-state index contributed by atoms with van der Waals surface area (Å²) in [6.07, 6.45) is 0. The number of nitrogens with one attached hydrogen (secondary N) is 1. The highest BCUT2D eigenvalue weighted by Gasteiger charge is 2.10. The van der Waals surface area contributed by atoms with Gasteiger partial charge in [0.25, 0.3) is 5.91 Å². The van der Waals surface area contributed by atoms with E-state index in [1.165, 1.54) is 7.11 Å². The molecule has 0 aliphatic heterocycles. The standard InChI is InChI=1S/C16H12BrClN2O3/c1-22-15-6-10(8-19)2-5-14(15)23-9-16(21)20-13-4-3-11(17)7-12(13)18/h2-7H,9H2,1H3,(H,20,21). The van der Waals surface area contributed by atoms with Crippen LogP contribution in [0.25, 0.3) is 0 Å². The molecule has 0 heterocycles. The van der Waals surface area contributed by atoms with Crippen LogP contribution in [0.15, 0.2) is 40.9 Å². The smallest absolute Gasteiger partial charge is 0.262 e. The highest BCUT2D eigenvalue weighted by Crippen LogP contribution is 2.28. The molecule has 0 fully saturated rings. The van der Waals surface area contributed by atoms with Crippen molar-refractivity contribution in [3.8, 4) is 17.6 Å². The van der Waals surface area contributed by atoms with E-state index in [2.05, 4.69) is 21.2 Å². The minimum absolute atomic E-state index is 0.214. The van der Waals surface area contributed by atoms with Crippen LogP contribution in [-0.4, -0.2) is 19.6 Å². The maximum atomic E-state index is 11.9. The number of methoxy groups -OCH3 is 1. The van der Waals surface area contributed by atoms with Gasteiger partial charge in [-0.25, -0.2) is 0 Å². The fourth-order valence-electron chi connectivity index (χ4n) is 1.78. The van der Waals surface area contributed by atoms with Crippen LogP contribution in [0, 0.1) is 11.3 Å². The van der Waals surface area contributed by atoms with Crippen LogP contribution in [-0.2, 0) is 4.79 Å². The second kappa shape index (κ2) is 7.86. The van der Waals surface area contributed by atoms with Crippen LogP contribution in [0.1, 0.15) is 5.56 Å². The molecule has 0 saturated heterocycles. The van der Waals surface area contributed by atoms with Crippen LogP contribution in [0.4, 0.5) is 5.69 Å². The summed E-state index contributed by atoms with van der Waals surface area (Å²) in [6.45, 7) is -0.214. The summed E-state index contributed by atoms with van der Waals surface area (Å²) in [5.41, 5.74) is 0.940. The fourth-order valence-corrected chi connectivity index (χ4v) is 2.50. The molecule has 2 aromatic rings. The molecular weight excluding hydrogens is 384 g/mol. The molecule has 0 saturated carbocycles. The molecule has 0 bridgehead atoms. The third-order valence-electron chi connectivity index (χ3n) is 2.86. The molecule has 0 aromatic heterocycles. The van der Waals surface area contributed by atoms with Gasteiger partial charge in [-0.2, -0.15) is 5.26 Å². The minimum Gasteiger partial charge on any atom is -0.493 e. The number of rotatable bonds is 5. The van der Waals surface area contributed by atoms with E-state index in [1.54, 1.807) is 36.4 Å². The molecule has 2 aromatic carbocycles. The van der Waals surface area contributed by atoms with Crippen molar-refractivity contribution < 1.29 is 14.3 Å². The first kappa shape index (κ1) is 17.1. The van der Waals surface area contributed by atoms with Gasteiger partial charge in [0.05, 0.1) is 29.5 Å². The summed E-state index contributed by atoms with van der Waals surface area (Å²) in [5, 5.41) is 11.9. The Morgan fingerprint density at radius 2 is 2.09 bits per heavy atom. The van der Waals surface area contributed by atoms with E-state index in [-0.39, 0.29) is 12.5 Å². The number of carbonyl (C=O) groups excluding carboxylic acids is 1. The van der Waals surface area contributed by atoms with Crippen molar-refractivity contribution in [2.75, 3.05) is 19.0 Å². The second-order valence-electron chi connectivity index (χ2n) is 4.44. The van der Waals surface area contributed by atoms with Gasteiger partial charge in [-0.1, -0.05) is 27.5 Å². The van der Waals surface area contributed by atoms with Crippen LogP contribution in [0.5, 0.6) is 11.5 Å². The molecule has 0 aliphatic rings. The van der Waals surface area contributed by atoms with Gasteiger partial charge in [-0.15, -0.1) is 0 Å². The molecule has 7 heteroatoms. The number of nitrogens with zero attached hydrogens (tertiary/aromatic N) is 1. The van der Waals surface area contributed by atoms with Crippen molar-refractivity contribution in [3.63, 3.8) is 0 Å². The maximum Gasteiger partial charge on any atom is 0.262 e. The van der Waals surface area contributed by atoms with Crippen molar-refractivity contribution in [3.05, 3.63) is 51.5 Å². The average Bonchev–Trinajstić information content (AvgIpc) is 2.55. The lowest BCUT2D eigenvalue weighted by Crippen LogP contribution is -2.20. The second-order valence-corrected chi connectivity index (χ2v) is 5.76. The fraction of sp³-hybridized carbons (Fsp3) is 0.125. The van der Waals surface area contributed by atoms with Gasteiger partial charge in [0.1, 0.15) is 0 Å². The number of hydrogen-bond acceptors (Lipinski definition) is 4. The average molecular weight is 396 g/mol. The molecule has 0 radical (unpaired) electrons. The van der Waals surface area contributed by atoms with E-state index >= 15 is 0 Å². The van der Waals surface area contributed by atoms with E-state index in [4.69, 9.17) is 26.3 Å². The Bertz CT molecular complexity index is 774. The lowest BCUT2D eigenvalue weighted by Gasteiger charge is -2.11. The number of anilines is 1. The lowest BCUT2D eigenvalue weighted by atomic mass is 10.2. The summed E-state index contributed by atoms with van der Waals surface area (Å²) < 4.78 is 11.4. The molecule has 0 aliphatic carbocycles. The Morgan fingerprint density at radius 3 is 2.74 bits per heavy atom. The number of carbonyl (C=O) groups is 1. The molecule has 1 N–H and O–H groups in total. The third-order valence-corrected chi connectivity index (χ3v) is 3.66. The van der Waals surface area contributed by atoms with Crippen molar-refractivity contribution in [2.24, 2.45) is 0 Å². The van der Waals surface area contributed by atoms with E-state index < -0.39 is 0 Å². The highest BCUT2D eigenvalue weighted by atomic mass is 79.9. The predicted molar refractivity (Wildman–Crippen MR) is 91.0 cm³/mol. The highest BCUT2D eigenvalue weighted by molar-refractivity contribution is 9.10. The van der Waals surface area contributed by atoms with Crippen molar-refractivity contribution in [1.29, 1.82) is 5.26 Å². The predicted octanol–water partition coefficient (Wildman–Crippen LogP) is 4.00. The summed E-state index contributed by atoms with van der Waals surface area (Å²) in [6, 6.07) is 11.8. The van der Waals surface area contributed by atoms with Gasteiger partial charge in [-0.05, 0) is 30.3 Å². The topological polar surface area (TPSA) is 71.3 Å². The Hall–Kier alpha value is -2.23. The number of hydrogen-bond donors (Lipinski definition) is 1. The first-order chi connectivity index (χ1) is 11.0. The third kappa shape index (κ3) is 4.62. The quantitative estimate of drug-likeness (QED) is 0.830. The van der Waals surface area contributed by atoms with Crippen LogP contribution >= 0.6 is 27.5 Å². The molecule has 1 amide bonds. The van der Waals surface area contributed by atoms with E-state index in [0.717, 1.165) is 4.47 Å². The largest absolute Gasteiger partial charge is 0.493 e. The molecule has 23 heavy (non-hydrogen) atoms. The number of nitriles is 1. The molecule has 0 unspecified atom stereocenters. The SMILES string of the molecule is COc1cc(C#N)ccc1OCC(=O)Nc1ccc(Br)cc1Cl. The zero-order chi connectivity index (χ0) is 16.8. The minimum atomic E-state index is -0.361. The van der Waals surface area contributed by atoms with E-state index in [1.807, 2.05) is 6.07 Å². The van der Waals surface area contributed by atoms with E-state index in [9.17, 15) is 4.79 Å². The summed E-state index contributed by atoms with van der Waals surface area (Å²) in [7, 11) is 1.46. The maximum absolute atomic E-state index is 11.9. The van der Waals surface area contributed by atoms with Crippen molar-refractivity contribution in [2.45, 2.75) is 0 Å². The van der Waals surface area contributed by atoms with Gasteiger partial charge in [0, 0.05) is 10.5 Å². The number of benzene rings is 2. The van der Waals surface area contributed by atoms with Crippen molar-refractivity contribution in [1.82, 2.24) is 0 Å². The van der Waals surface area contributed by atoms with Crippen LogP contribution in [0.3, 0.4) is 0 Å². The van der Waals surface area contributed by atoms with Crippen LogP contribution in [0.2, 0.25) is 5.02 Å². The zero-order valence-corrected chi connectivity index (χ0v) is 14.4. The van der Waals surface area contributed by atoms with Gasteiger partial charge in [-0.3, -0.25) is 4.79 Å². The molecule has 118 valence electrons. The zero-order valence-electron chi connectivity index (χ0n) is 12.1. The van der Waals surface area contributed by atoms with Gasteiger partial charge < -0.3 is 14.8 Å². The Morgan fingerprint density at radius 1 is 1.30 bits per heavy atom. The van der Waals surface area contributed by atoms with Crippen LogP contribution < -0.4 is 14.8 Å². The first-order valence-electron chi connectivity index (χ1n) is 6.49.